The molecule has 0 radical (unpaired) electrons. The molecular formula is C14H18ClFIN3O. The molecule has 21 heavy (non-hydrogen) atoms. The van der Waals surface area contributed by atoms with Gasteiger partial charge in [0.1, 0.15) is 11.6 Å². The molecule has 2 rings (SSSR count). The maximum absolute atomic E-state index is 13.8. The van der Waals surface area contributed by atoms with E-state index in [0.717, 1.165) is 36.5 Å². The van der Waals surface area contributed by atoms with Gasteiger partial charge < -0.3 is 14.2 Å². The predicted octanol–water partition coefficient (Wildman–Crippen LogP) is 3.10. The Morgan fingerprint density at radius 2 is 2.19 bits per heavy atom. The number of ether oxygens (including phenoxy) is 1. The van der Waals surface area contributed by atoms with Crippen LogP contribution in [0.3, 0.4) is 0 Å². The number of hydrogen-bond donors (Lipinski definition) is 0. The van der Waals surface area contributed by atoms with Crippen molar-refractivity contribution in [3.63, 3.8) is 0 Å². The molecule has 0 atom stereocenters. The number of rotatable bonds is 7. The summed E-state index contributed by atoms with van der Waals surface area (Å²) in [6.07, 6.45) is 0. The van der Waals surface area contributed by atoms with E-state index >= 15 is 0 Å². The molecule has 0 saturated carbocycles. The minimum absolute atomic E-state index is 0.224. The van der Waals surface area contributed by atoms with Crippen molar-refractivity contribution in [2.45, 2.75) is 12.4 Å². The predicted molar refractivity (Wildman–Crippen MR) is 91.3 cm³/mol. The van der Waals surface area contributed by atoms with Crippen LogP contribution in [-0.2, 0) is 17.2 Å². The number of methoxy groups -OCH3 is 1. The van der Waals surface area contributed by atoms with E-state index < -0.39 is 0 Å². The molecule has 0 aliphatic carbocycles. The number of hydrogen-bond acceptors (Lipinski definition) is 3. The smallest absolute Gasteiger partial charge is 0.138 e. The molecule has 0 bridgehead atoms. The third-order valence-electron chi connectivity index (χ3n) is 3.37. The summed E-state index contributed by atoms with van der Waals surface area (Å²) in [5.74, 6) is 0.862. The standard InChI is InChI=1S/C14H18ClFIN3O/c1-19(5-6-21-2)3-4-20-13-7-10(16)11(17)8-12(13)18-14(20)9-15/h7-8H,3-6,9H2,1-2H3. The number of aromatic nitrogens is 2. The van der Waals surface area contributed by atoms with Crippen molar-refractivity contribution in [1.82, 2.24) is 14.5 Å². The SMILES string of the molecule is COCCN(C)CCn1c(CCl)nc2cc(I)c(F)cc21. The van der Waals surface area contributed by atoms with Crippen LogP contribution in [0.4, 0.5) is 4.39 Å². The first-order valence-electron chi connectivity index (χ1n) is 6.64. The molecule has 0 amide bonds. The quantitative estimate of drug-likeness (QED) is 0.504. The minimum Gasteiger partial charge on any atom is -0.383 e. The zero-order valence-electron chi connectivity index (χ0n) is 12.1. The second-order valence-corrected chi connectivity index (χ2v) is 6.29. The molecule has 7 heteroatoms. The summed E-state index contributed by atoms with van der Waals surface area (Å²) in [7, 11) is 3.72. The van der Waals surface area contributed by atoms with Gasteiger partial charge >= 0.3 is 0 Å². The van der Waals surface area contributed by atoms with E-state index in [1.54, 1.807) is 13.2 Å². The van der Waals surface area contributed by atoms with Gasteiger partial charge in [-0.1, -0.05) is 0 Å². The molecule has 0 N–H and O–H groups in total. The first kappa shape index (κ1) is 16.9. The van der Waals surface area contributed by atoms with Crippen molar-refractivity contribution < 1.29 is 9.13 Å². The lowest BCUT2D eigenvalue weighted by molar-refractivity contribution is 0.159. The van der Waals surface area contributed by atoms with E-state index in [1.165, 1.54) is 6.07 Å². The summed E-state index contributed by atoms with van der Waals surface area (Å²) < 4.78 is 21.4. The van der Waals surface area contributed by atoms with E-state index in [1.807, 2.05) is 34.2 Å². The van der Waals surface area contributed by atoms with Crippen molar-refractivity contribution >= 4 is 45.2 Å². The molecule has 2 aromatic rings. The summed E-state index contributed by atoms with van der Waals surface area (Å²) in [6.45, 7) is 3.09. The lowest BCUT2D eigenvalue weighted by atomic mass is 10.3. The Morgan fingerprint density at radius 1 is 1.43 bits per heavy atom. The third-order valence-corrected chi connectivity index (χ3v) is 4.44. The van der Waals surface area contributed by atoms with Crippen molar-refractivity contribution in [3.05, 3.63) is 27.3 Å². The van der Waals surface area contributed by atoms with E-state index in [0.29, 0.717) is 16.1 Å². The minimum atomic E-state index is -0.224. The molecule has 0 aliphatic heterocycles. The van der Waals surface area contributed by atoms with Crippen molar-refractivity contribution in [2.24, 2.45) is 0 Å². The molecule has 0 aliphatic rings. The summed E-state index contributed by atoms with van der Waals surface area (Å²) in [6, 6.07) is 3.29. The Kier molecular flexibility index (Phi) is 6.21. The van der Waals surface area contributed by atoms with E-state index in [4.69, 9.17) is 16.3 Å². The molecule has 1 aromatic carbocycles. The van der Waals surface area contributed by atoms with Gasteiger partial charge in [-0.3, -0.25) is 0 Å². The average Bonchev–Trinajstić information content (AvgIpc) is 2.80. The normalized spacial score (nSPS) is 11.7. The van der Waals surface area contributed by atoms with Crippen molar-refractivity contribution in [2.75, 3.05) is 33.9 Å². The Hall–Kier alpha value is -0.440. The highest BCUT2D eigenvalue weighted by Gasteiger charge is 2.13. The first-order chi connectivity index (χ1) is 10.1. The van der Waals surface area contributed by atoms with Crippen LogP contribution in [0.1, 0.15) is 5.82 Å². The maximum atomic E-state index is 13.8. The molecule has 0 unspecified atom stereocenters. The van der Waals surface area contributed by atoms with Gasteiger partial charge in [-0.15, -0.1) is 11.6 Å². The van der Waals surface area contributed by atoms with Crippen LogP contribution in [0.25, 0.3) is 11.0 Å². The highest BCUT2D eigenvalue weighted by molar-refractivity contribution is 14.1. The van der Waals surface area contributed by atoms with E-state index in [9.17, 15) is 4.39 Å². The van der Waals surface area contributed by atoms with Gasteiger partial charge in [0.25, 0.3) is 0 Å². The number of imidazole rings is 1. The fraction of sp³-hybridized carbons (Fsp3) is 0.500. The summed E-state index contributed by atoms with van der Waals surface area (Å²) >= 11 is 7.94. The summed E-state index contributed by atoms with van der Waals surface area (Å²) in [5, 5.41) is 0. The Labute approximate surface area is 142 Å². The average molecular weight is 426 g/mol. The van der Waals surface area contributed by atoms with Crippen LogP contribution in [0.2, 0.25) is 0 Å². The number of fused-ring (bicyclic) bond motifs is 1. The molecule has 0 spiro atoms. The highest BCUT2D eigenvalue weighted by Crippen LogP contribution is 2.22. The summed E-state index contributed by atoms with van der Waals surface area (Å²) in [5.41, 5.74) is 1.58. The Bertz CT molecular complexity index is 620. The van der Waals surface area contributed by atoms with Crippen molar-refractivity contribution in [1.29, 1.82) is 0 Å². The molecule has 116 valence electrons. The lowest BCUT2D eigenvalue weighted by Crippen LogP contribution is -2.27. The second kappa shape index (κ2) is 7.71. The fourth-order valence-corrected chi connectivity index (χ4v) is 2.81. The third kappa shape index (κ3) is 4.06. The maximum Gasteiger partial charge on any atom is 0.138 e. The number of likely N-dealkylation sites (N-methyl/N-ethyl adjacent to an activating group) is 1. The lowest BCUT2D eigenvalue weighted by Gasteiger charge is -2.17. The molecule has 4 nitrogen and oxygen atoms in total. The highest BCUT2D eigenvalue weighted by atomic mass is 127. The van der Waals surface area contributed by atoms with Gasteiger partial charge in [-0.2, -0.15) is 0 Å². The number of nitrogens with zero attached hydrogens (tertiary/aromatic N) is 3. The number of benzene rings is 1. The number of halogens is 3. The molecule has 0 saturated heterocycles. The van der Waals surface area contributed by atoms with Gasteiger partial charge in [0.2, 0.25) is 0 Å². The largest absolute Gasteiger partial charge is 0.383 e. The van der Waals surface area contributed by atoms with Crippen LogP contribution in [0, 0.1) is 9.39 Å². The van der Waals surface area contributed by atoms with Crippen LogP contribution < -0.4 is 0 Å². The van der Waals surface area contributed by atoms with Crippen LogP contribution in [0.5, 0.6) is 0 Å². The Morgan fingerprint density at radius 3 is 2.86 bits per heavy atom. The molecule has 1 heterocycles. The van der Waals surface area contributed by atoms with Gasteiger partial charge in [-0.05, 0) is 35.7 Å². The van der Waals surface area contributed by atoms with E-state index in [-0.39, 0.29) is 5.82 Å². The monoisotopic (exact) mass is 425 g/mol. The van der Waals surface area contributed by atoms with Crippen LogP contribution in [-0.4, -0.2) is 48.3 Å². The van der Waals surface area contributed by atoms with Crippen molar-refractivity contribution in [3.8, 4) is 0 Å². The Balaban J connectivity index is 2.23. The van der Waals surface area contributed by atoms with Crippen LogP contribution >= 0.6 is 34.2 Å². The fourth-order valence-electron chi connectivity index (χ4n) is 2.15. The second-order valence-electron chi connectivity index (χ2n) is 4.86. The number of alkyl halides is 1. The topological polar surface area (TPSA) is 30.3 Å². The zero-order chi connectivity index (χ0) is 15.4. The summed E-state index contributed by atoms with van der Waals surface area (Å²) in [4.78, 5) is 6.65. The molecular weight excluding hydrogens is 408 g/mol. The van der Waals surface area contributed by atoms with E-state index in [2.05, 4.69) is 9.88 Å². The molecule has 0 fully saturated rings. The van der Waals surface area contributed by atoms with Gasteiger partial charge in [0.15, 0.2) is 0 Å². The first-order valence-corrected chi connectivity index (χ1v) is 8.25. The zero-order valence-corrected chi connectivity index (χ0v) is 15.0. The van der Waals surface area contributed by atoms with Gasteiger partial charge in [-0.25, -0.2) is 9.37 Å². The molecule has 1 aromatic heterocycles. The van der Waals surface area contributed by atoms with Crippen LogP contribution in [0.15, 0.2) is 12.1 Å². The van der Waals surface area contributed by atoms with Gasteiger partial charge in [0.05, 0.1) is 27.1 Å². The van der Waals surface area contributed by atoms with Gasteiger partial charge in [0, 0.05) is 32.8 Å².